The number of ether oxygens (including phenoxy) is 1. The summed E-state index contributed by atoms with van der Waals surface area (Å²) < 4.78 is 5.57. The highest BCUT2D eigenvalue weighted by molar-refractivity contribution is 5.80. The average Bonchev–Trinajstić information content (AvgIpc) is 3.13. The lowest BCUT2D eigenvalue weighted by molar-refractivity contribution is -0.140. The zero-order valence-electron chi connectivity index (χ0n) is 14.4. The Balaban J connectivity index is 1.43. The number of hydrogen-bond donors (Lipinski definition) is 1. The Bertz CT molecular complexity index is 719. The molecule has 25 heavy (non-hydrogen) atoms. The summed E-state index contributed by atoms with van der Waals surface area (Å²) in [6.45, 7) is 4.24. The summed E-state index contributed by atoms with van der Waals surface area (Å²) in [5.41, 5.74) is 2.01. The summed E-state index contributed by atoms with van der Waals surface area (Å²) in [6.07, 6.45) is 2.19. The number of carbonyl (C=O) groups is 2. The molecule has 2 amide bonds. The van der Waals surface area contributed by atoms with E-state index in [1.54, 1.807) is 4.90 Å². The minimum absolute atomic E-state index is 0.0277. The molecule has 0 aliphatic carbocycles. The molecular weight excluding hydrogens is 318 g/mol. The lowest BCUT2D eigenvalue weighted by atomic mass is 10.2. The van der Waals surface area contributed by atoms with Crippen molar-refractivity contribution in [2.24, 2.45) is 0 Å². The van der Waals surface area contributed by atoms with Crippen LogP contribution in [0.2, 0.25) is 0 Å². The molecule has 0 radical (unpaired) electrons. The normalized spacial score (nSPS) is 14.4. The first-order valence-electron chi connectivity index (χ1n) is 8.49. The van der Waals surface area contributed by atoms with Crippen molar-refractivity contribution < 1.29 is 14.3 Å². The van der Waals surface area contributed by atoms with E-state index in [4.69, 9.17) is 4.74 Å². The summed E-state index contributed by atoms with van der Waals surface area (Å²) >= 11 is 0. The third-order valence-electron chi connectivity index (χ3n) is 4.34. The van der Waals surface area contributed by atoms with Crippen molar-refractivity contribution in [2.75, 3.05) is 32.8 Å². The van der Waals surface area contributed by atoms with Gasteiger partial charge in [-0.25, -0.2) is 0 Å². The van der Waals surface area contributed by atoms with Gasteiger partial charge in [-0.3, -0.25) is 9.59 Å². The molecule has 6 heteroatoms. The maximum absolute atomic E-state index is 12.3. The summed E-state index contributed by atoms with van der Waals surface area (Å²) in [4.78, 5) is 31.2. The van der Waals surface area contributed by atoms with Crippen LogP contribution in [0.1, 0.15) is 11.3 Å². The van der Waals surface area contributed by atoms with Gasteiger partial charge in [0, 0.05) is 38.1 Å². The van der Waals surface area contributed by atoms with Crippen molar-refractivity contribution in [1.82, 2.24) is 14.8 Å². The monoisotopic (exact) mass is 341 g/mol. The average molecular weight is 341 g/mol. The number of piperazine rings is 1. The molecule has 1 aliphatic heterocycles. The number of amides is 2. The van der Waals surface area contributed by atoms with Gasteiger partial charge in [0.25, 0.3) is 5.91 Å². The fourth-order valence-electron chi connectivity index (χ4n) is 2.90. The first-order chi connectivity index (χ1) is 12.1. The molecular formula is C19H23N3O3. The minimum Gasteiger partial charge on any atom is -0.484 e. The highest BCUT2D eigenvalue weighted by Crippen LogP contribution is 2.13. The van der Waals surface area contributed by atoms with Gasteiger partial charge in [-0.2, -0.15) is 0 Å². The van der Waals surface area contributed by atoms with Gasteiger partial charge in [0.2, 0.25) is 5.91 Å². The number of rotatable bonds is 5. The second-order valence-electron chi connectivity index (χ2n) is 6.24. The number of aromatic nitrogens is 1. The zero-order chi connectivity index (χ0) is 17.6. The van der Waals surface area contributed by atoms with Crippen LogP contribution < -0.4 is 4.74 Å². The minimum atomic E-state index is -0.0435. The van der Waals surface area contributed by atoms with E-state index >= 15 is 0 Å². The van der Waals surface area contributed by atoms with E-state index in [-0.39, 0.29) is 18.4 Å². The second-order valence-corrected chi connectivity index (χ2v) is 6.24. The maximum Gasteiger partial charge on any atom is 0.260 e. The fraction of sp³-hybridized carbons (Fsp3) is 0.368. The molecule has 0 saturated carbocycles. The predicted molar refractivity (Wildman–Crippen MR) is 94.3 cm³/mol. The Morgan fingerprint density at radius 2 is 1.76 bits per heavy atom. The summed E-state index contributed by atoms with van der Waals surface area (Å²) in [7, 11) is 0. The van der Waals surface area contributed by atoms with Gasteiger partial charge in [0.15, 0.2) is 6.61 Å². The van der Waals surface area contributed by atoms with Gasteiger partial charge in [-0.15, -0.1) is 0 Å². The Kier molecular flexibility index (Phi) is 5.38. The highest BCUT2D eigenvalue weighted by atomic mass is 16.5. The molecule has 0 spiro atoms. The third kappa shape index (κ3) is 4.62. The number of carbonyl (C=O) groups excluding carboxylic acids is 2. The lowest BCUT2D eigenvalue weighted by Gasteiger charge is -2.34. The van der Waals surface area contributed by atoms with Gasteiger partial charge in [-0.05, 0) is 36.8 Å². The molecule has 1 fully saturated rings. The molecule has 0 atom stereocenters. The van der Waals surface area contributed by atoms with Gasteiger partial charge in [-0.1, -0.05) is 12.1 Å². The number of aromatic amines is 1. The van der Waals surface area contributed by atoms with Crippen LogP contribution >= 0.6 is 0 Å². The van der Waals surface area contributed by atoms with E-state index in [2.05, 4.69) is 4.98 Å². The largest absolute Gasteiger partial charge is 0.484 e. The molecule has 2 aromatic rings. The molecule has 132 valence electrons. The van der Waals surface area contributed by atoms with Crippen LogP contribution in [0.3, 0.4) is 0 Å². The first kappa shape index (κ1) is 17.1. The molecule has 1 aliphatic rings. The zero-order valence-corrected chi connectivity index (χ0v) is 14.4. The Hall–Kier alpha value is -2.76. The molecule has 2 heterocycles. The number of aryl methyl sites for hydroxylation is 1. The van der Waals surface area contributed by atoms with Gasteiger partial charge in [0.05, 0.1) is 6.42 Å². The SMILES string of the molecule is Cc1cccc(OCC(=O)N2CCN(C(=O)Cc3ccc[nH]3)CC2)c1. The van der Waals surface area contributed by atoms with E-state index in [9.17, 15) is 9.59 Å². The van der Waals surface area contributed by atoms with Gasteiger partial charge < -0.3 is 19.5 Å². The fourth-order valence-corrected chi connectivity index (χ4v) is 2.90. The smallest absolute Gasteiger partial charge is 0.260 e. The number of nitrogens with one attached hydrogen (secondary N) is 1. The molecule has 3 rings (SSSR count). The topological polar surface area (TPSA) is 65.6 Å². The molecule has 6 nitrogen and oxygen atoms in total. The van der Waals surface area contributed by atoms with E-state index < -0.39 is 0 Å². The number of hydrogen-bond acceptors (Lipinski definition) is 3. The number of benzene rings is 1. The van der Waals surface area contributed by atoms with Crippen LogP contribution in [0.5, 0.6) is 5.75 Å². The Labute approximate surface area is 147 Å². The van der Waals surface area contributed by atoms with Crippen LogP contribution in [0.4, 0.5) is 0 Å². The van der Waals surface area contributed by atoms with E-state index in [1.165, 1.54) is 0 Å². The summed E-state index contributed by atoms with van der Waals surface area (Å²) in [5, 5.41) is 0. The standard InChI is InChI=1S/C19H23N3O3/c1-15-4-2-6-17(12-15)25-14-19(24)22-10-8-21(9-11-22)18(23)13-16-5-3-7-20-16/h2-7,12,20H,8-11,13-14H2,1H3. The van der Waals surface area contributed by atoms with Crippen LogP contribution in [0, 0.1) is 6.92 Å². The molecule has 0 unspecified atom stereocenters. The lowest BCUT2D eigenvalue weighted by Crippen LogP contribution is -2.52. The van der Waals surface area contributed by atoms with Crippen molar-refractivity contribution in [1.29, 1.82) is 0 Å². The molecule has 1 saturated heterocycles. The highest BCUT2D eigenvalue weighted by Gasteiger charge is 2.24. The van der Waals surface area contributed by atoms with Crippen molar-refractivity contribution in [3.8, 4) is 5.75 Å². The molecule has 0 bridgehead atoms. The number of nitrogens with zero attached hydrogens (tertiary/aromatic N) is 2. The molecule has 1 aromatic heterocycles. The van der Waals surface area contributed by atoms with Crippen molar-refractivity contribution in [3.63, 3.8) is 0 Å². The maximum atomic E-state index is 12.3. The van der Waals surface area contributed by atoms with Gasteiger partial charge >= 0.3 is 0 Å². The third-order valence-corrected chi connectivity index (χ3v) is 4.34. The Morgan fingerprint density at radius 3 is 2.40 bits per heavy atom. The van der Waals surface area contributed by atoms with Crippen LogP contribution in [-0.2, 0) is 16.0 Å². The van der Waals surface area contributed by atoms with Crippen LogP contribution in [0.15, 0.2) is 42.6 Å². The van der Waals surface area contributed by atoms with E-state index in [0.29, 0.717) is 38.3 Å². The summed E-state index contributed by atoms with van der Waals surface area (Å²) in [5.74, 6) is 0.747. The first-order valence-corrected chi connectivity index (χ1v) is 8.49. The van der Waals surface area contributed by atoms with Crippen molar-refractivity contribution >= 4 is 11.8 Å². The second kappa shape index (κ2) is 7.88. The van der Waals surface area contributed by atoms with E-state index in [0.717, 1.165) is 11.3 Å². The quantitative estimate of drug-likeness (QED) is 0.899. The predicted octanol–water partition coefficient (Wildman–Crippen LogP) is 1.62. The molecule has 1 N–H and O–H groups in total. The number of H-pyrrole nitrogens is 1. The van der Waals surface area contributed by atoms with Crippen LogP contribution in [0.25, 0.3) is 0 Å². The van der Waals surface area contributed by atoms with Crippen molar-refractivity contribution in [2.45, 2.75) is 13.3 Å². The van der Waals surface area contributed by atoms with E-state index in [1.807, 2.05) is 54.4 Å². The summed E-state index contributed by atoms with van der Waals surface area (Å²) in [6, 6.07) is 11.4. The Morgan fingerprint density at radius 1 is 1.04 bits per heavy atom. The van der Waals surface area contributed by atoms with Crippen molar-refractivity contribution in [3.05, 3.63) is 53.9 Å². The molecule has 1 aromatic carbocycles. The van der Waals surface area contributed by atoms with Crippen LogP contribution in [-0.4, -0.2) is 59.4 Å². The van der Waals surface area contributed by atoms with Gasteiger partial charge in [0.1, 0.15) is 5.75 Å².